The SMILES string of the molecule is CCCC1Cc2ccccc2CN1. The van der Waals surface area contributed by atoms with Gasteiger partial charge in [-0.3, -0.25) is 0 Å². The van der Waals surface area contributed by atoms with Crippen LogP contribution in [-0.4, -0.2) is 6.04 Å². The zero-order valence-electron chi connectivity index (χ0n) is 8.22. The molecule has 70 valence electrons. The Bertz CT molecular complexity index is 280. The maximum atomic E-state index is 3.58. The molecule has 0 spiro atoms. The molecule has 1 aliphatic rings. The van der Waals surface area contributed by atoms with E-state index in [-0.39, 0.29) is 0 Å². The molecule has 0 saturated carbocycles. The molecule has 1 unspecified atom stereocenters. The summed E-state index contributed by atoms with van der Waals surface area (Å²) in [7, 11) is 0. The van der Waals surface area contributed by atoms with Crippen molar-refractivity contribution in [3.05, 3.63) is 35.4 Å². The van der Waals surface area contributed by atoms with Gasteiger partial charge in [-0.05, 0) is 24.0 Å². The fraction of sp³-hybridized carbons (Fsp3) is 0.500. The van der Waals surface area contributed by atoms with Gasteiger partial charge in [-0.25, -0.2) is 0 Å². The molecule has 0 radical (unpaired) electrons. The largest absolute Gasteiger partial charge is 0.310 e. The van der Waals surface area contributed by atoms with Crippen LogP contribution in [0.25, 0.3) is 0 Å². The maximum Gasteiger partial charge on any atom is 0.0210 e. The third-order valence-corrected chi connectivity index (χ3v) is 2.80. The average molecular weight is 175 g/mol. The summed E-state index contributed by atoms with van der Waals surface area (Å²) in [4.78, 5) is 0. The topological polar surface area (TPSA) is 12.0 Å². The molecule has 1 aromatic rings. The molecule has 1 nitrogen and oxygen atoms in total. The van der Waals surface area contributed by atoms with Gasteiger partial charge in [0.1, 0.15) is 0 Å². The average Bonchev–Trinajstić information content (AvgIpc) is 2.18. The highest BCUT2D eigenvalue weighted by Gasteiger charge is 2.15. The fourth-order valence-corrected chi connectivity index (χ4v) is 2.07. The van der Waals surface area contributed by atoms with Crippen molar-refractivity contribution < 1.29 is 0 Å². The number of nitrogens with one attached hydrogen (secondary N) is 1. The molecule has 1 heteroatoms. The van der Waals surface area contributed by atoms with Gasteiger partial charge in [0.05, 0.1) is 0 Å². The van der Waals surface area contributed by atoms with E-state index in [4.69, 9.17) is 0 Å². The van der Waals surface area contributed by atoms with Crippen LogP contribution in [0.3, 0.4) is 0 Å². The summed E-state index contributed by atoms with van der Waals surface area (Å²) in [5.41, 5.74) is 3.02. The van der Waals surface area contributed by atoms with Gasteiger partial charge in [-0.15, -0.1) is 0 Å². The molecule has 0 aliphatic carbocycles. The predicted molar refractivity (Wildman–Crippen MR) is 55.7 cm³/mol. The summed E-state index contributed by atoms with van der Waals surface area (Å²) in [6.45, 7) is 3.31. The minimum Gasteiger partial charge on any atom is -0.310 e. The lowest BCUT2D eigenvalue weighted by Gasteiger charge is -2.25. The van der Waals surface area contributed by atoms with Gasteiger partial charge in [0.15, 0.2) is 0 Å². The van der Waals surface area contributed by atoms with Crippen molar-refractivity contribution in [2.24, 2.45) is 0 Å². The number of rotatable bonds is 2. The number of fused-ring (bicyclic) bond motifs is 1. The van der Waals surface area contributed by atoms with E-state index in [1.54, 1.807) is 5.56 Å². The summed E-state index contributed by atoms with van der Waals surface area (Å²) in [5.74, 6) is 0. The molecule has 0 aromatic heterocycles. The first-order valence-electron chi connectivity index (χ1n) is 5.20. The minimum absolute atomic E-state index is 0.708. The quantitative estimate of drug-likeness (QED) is 0.728. The number of hydrogen-bond donors (Lipinski definition) is 1. The van der Waals surface area contributed by atoms with Crippen LogP contribution in [-0.2, 0) is 13.0 Å². The molecular weight excluding hydrogens is 158 g/mol. The van der Waals surface area contributed by atoms with E-state index in [9.17, 15) is 0 Å². The van der Waals surface area contributed by atoms with Crippen molar-refractivity contribution in [3.63, 3.8) is 0 Å². The second-order valence-electron chi connectivity index (χ2n) is 3.84. The Morgan fingerprint density at radius 3 is 2.85 bits per heavy atom. The first-order valence-corrected chi connectivity index (χ1v) is 5.20. The van der Waals surface area contributed by atoms with Gasteiger partial charge in [0.2, 0.25) is 0 Å². The molecule has 0 saturated heterocycles. The van der Waals surface area contributed by atoms with Crippen LogP contribution in [0.5, 0.6) is 0 Å². The van der Waals surface area contributed by atoms with Gasteiger partial charge in [0, 0.05) is 12.6 Å². The summed E-state index contributed by atoms with van der Waals surface area (Å²) < 4.78 is 0. The molecule has 1 atom stereocenters. The maximum absolute atomic E-state index is 3.58. The summed E-state index contributed by atoms with van der Waals surface area (Å²) in [6.07, 6.45) is 3.79. The molecular formula is C12H17N. The van der Waals surface area contributed by atoms with Crippen molar-refractivity contribution in [2.45, 2.75) is 38.8 Å². The van der Waals surface area contributed by atoms with Crippen LogP contribution in [0.4, 0.5) is 0 Å². The first kappa shape index (κ1) is 8.76. The van der Waals surface area contributed by atoms with Crippen LogP contribution in [0.15, 0.2) is 24.3 Å². The van der Waals surface area contributed by atoms with Gasteiger partial charge < -0.3 is 5.32 Å². The second-order valence-corrected chi connectivity index (χ2v) is 3.84. The summed E-state index contributed by atoms with van der Waals surface area (Å²) in [5, 5.41) is 3.58. The van der Waals surface area contributed by atoms with Gasteiger partial charge in [0.25, 0.3) is 0 Å². The highest BCUT2D eigenvalue weighted by atomic mass is 14.9. The van der Waals surface area contributed by atoms with Crippen molar-refractivity contribution in [1.82, 2.24) is 5.32 Å². The summed E-state index contributed by atoms with van der Waals surface area (Å²) >= 11 is 0. The first-order chi connectivity index (χ1) is 6.40. The van der Waals surface area contributed by atoms with E-state index >= 15 is 0 Å². The van der Waals surface area contributed by atoms with Crippen molar-refractivity contribution in [3.8, 4) is 0 Å². The molecule has 2 rings (SSSR count). The Hall–Kier alpha value is -0.820. The molecule has 0 amide bonds. The number of hydrogen-bond acceptors (Lipinski definition) is 1. The normalized spacial score (nSPS) is 21.2. The van der Waals surface area contributed by atoms with Crippen molar-refractivity contribution >= 4 is 0 Å². The van der Waals surface area contributed by atoms with E-state index < -0.39 is 0 Å². The Labute approximate surface area is 80.2 Å². The van der Waals surface area contributed by atoms with Crippen molar-refractivity contribution in [2.75, 3.05) is 0 Å². The molecule has 1 heterocycles. The van der Waals surface area contributed by atoms with Crippen LogP contribution in [0.2, 0.25) is 0 Å². The Balaban J connectivity index is 2.11. The third kappa shape index (κ3) is 1.92. The zero-order chi connectivity index (χ0) is 9.10. The van der Waals surface area contributed by atoms with Crippen LogP contribution < -0.4 is 5.32 Å². The molecule has 1 aromatic carbocycles. The van der Waals surface area contributed by atoms with E-state index in [2.05, 4.69) is 36.5 Å². The van der Waals surface area contributed by atoms with Crippen LogP contribution >= 0.6 is 0 Å². The lowest BCUT2D eigenvalue weighted by atomic mass is 9.94. The number of benzene rings is 1. The van der Waals surface area contributed by atoms with E-state index in [1.165, 1.54) is 24.8 Å². The Kier molecular flexibility index (Phi) is 2.65. The molecule has 1 N–H and O–H groups in total. The standard InChI is InChI=1S/C12H17N/c1-2-5-12-8-10-6-3-4-7-11(10)9-13-12/h3-4,6-7,12-13H,2,5,8-9H2,1H3. The second kappa shape index (κ2) is 3.93. The lowest BCUT2D eigenvalue weighted by molar-refractivity contribution is 0.448. The highest BCUT2D eigenvalue weighted by Crippen LogP contribution is 2.18. The van der Waals surface area contributed by atoms with Gasteiger partial charge >= 0.3 is 0 Å². The van der Waals surface area contributed by atoms with Crippen molar-refractivity contribution in [1.29, 1.82) is 0 Å². The Morgan fingerprint density at radius 1 is 1.31 bits per heavy atom. The monoisotopic (exact) mass is 175 g/mol. The smallest absolute Gasteiger partial charge is 0.0210 e. The zero-order valence-corrected chi connectivity index (χ0v) is 8.22. The van der Waals surface area contributed by atoms with Gasteiger partial charge in [-0.2, -0.15) is 0 Å². The third-order valence-electron chi connectivity index (χ3n) is 2.80. The highest BCUT2D eigenvalue weighted by molar-refractivity contribution is 5.29. The fourth-order valence-electron chi connectivity index (χ4n) is 2.07. The minimum atomic E-state index is 0.708. The molecule has 0 fully saturated rings. The summed E-state index contributed by atoms with van der Waals surface area (Å²) in [6, 6.07) is 9.47. The van der Waals surface area contributed by atoms with Crippen LogP contribution in [0, 0.1) is 0 Å². The molecule has 13 heavy (non-hydrogen) atoms. The van der Waals surface area contributed by atoms with E-state index in [1.807, 2.05) is 0 Å². The molecule has 0 bridgehead atoms. The van der Waals surface area contributed by atoms with E-state index in [0.29, 0.717) is 6.04 Å². The predicted octanol–water partition coefficient (Wildman–Crippen LogP) is 2.50. The van der Waals surface area contributed by atoms with Gasteiger partial charge in [-0.1, -0.05) is 37.6 Å². The lowest BCUT2D eigenvalue weighted by Crippen LogP contribution is -2.35. The molecule has 1 aliphatic heterocycles. The Morgan fingerprint density at radius 2 is 2.08 bits per heavy atom. The van der Waals surface area contributed by atoms with E-state index in [0.717, 1.165) is 6.54 Å². The van der Waals surface area contributed by atoms with Crippen LogP contribution in [0.1, 0.15) is 30.9 Å².